The molecular formula is C19H22IN3O2. The van der Waals surface area contributed by atoms with Crippen LogP contribution in [0.4, 0.5) is 17.1 Å². The molecule has 5 nitrogen and oxygen atoms in total. The summed E-state index contributed by atoms with van der Waals surface area (Å²) in [4.78, 5) is 14.7. The van der Waals surface area contributed by atoms with Crippen molar-refractivity contribution in [1.29, 1.82) is 0 Å². The normalized spacial score (nSPS) is 15.5. The number of carbonyl (C=O) groups excluding carboxylic acids is 1. The Balaban J connectivity index is 1.55. The van der Waals surface area contributed by atoms with E-state index < -0.39 is 0 Å². The highest BCUT2D eigenvalue weighted by Gasteiger charge is 2.14. The average molecular weight is 451 g/mol. The molecule has 2 aromatic rings. The Morgan fingerprint density at radius 3 is 2.28 bits per heavy atom. The minimum atomic E-state index is -0.320. The second-order valence-corrected chi connectivity index (χ2v) is 7.25. The van der Waals surface area contributed by atoms with Crippen LogP contribution >= 0.6 is 22.6 Å². The van der Waals surface area contributed by atoms with Crippen LogP contribution in [0, 0.1) is 3.57 Å². The second-order valence-electron chi connectivity index (χ2n) is 6.01. The number of nitrogens with one attached hydrogen (secondary N) is 2. The van der Waals surface area contributed by atoms with Gasteiger partial charge in [0.25, 0.3) is 0 Å². The van der Waals surface area contributed by atoms with E-state index in [0.717, 1.165) is 43.4 Å². The number of hydrogen-bond acceptors (Lipinski definition) is 4. The van der Waals surface area contributed by atoms with Gasteiger partial charge < -0.3 is 20.3 Å². The standard InChI is InChI=1S/C19H22IN3O2/c1-14(21-16-4-2-15(20)3-5-16)19(24)22-17-6-8-18(9-7-17)23-10-12-25-13-11-23/h2-9,14,21H,10-13H2,1H3,(H,22,24)/t14-/m0/s1. The molecule has 0 spiro atoms. The highest BCUT2D eigenvalue weighted by Crippen LogP contribution is 2.19. The van der Waals surface area contributed by atoms with Crippen LogP contribution in [-0.4, -0.2) is 38.3 Å². The van der Waals surface area contributed by atoms with Gasteiger partial charge >= 0.3 is 0 Å². The van der Waals surface area contributed by atoms with Gasteiger partial charge in [0.15, 0.2) is 0 Å². The van der Waals surface area contributed by atoms with E-state index in [2.05, 4.69) is 38.1 Å². The number of benzene rings is 2. The van der Waals surface area contributed by atoms with Gasteiger partial charge in [0.2, 0.25) is 5.91 Å². The van der Waals surface area contributed by atoms with Gasteiger partial charge in [0.1, 0.15) is 6.04 Å². The smallest absolute Gasteiger partial charge is 0.246 e. The van der Waals surface area contributed by atoms with Crippen LogP contribution in [0.15, 0.2) is 48.5 Å². The van der Waals surface area contributed by atoms with Gasteiger partial charge in [-0.15, -0.1) is 0 Å². The van der Waals surface area contributed by atoms with Crippen molar-refractivity contribution in [2.75, 3.05) is 41.8 Å². The van der Waals surface area contributed by atoms with Crippen molar-refractivity contribution in [3.63, 3.8) is 0 Å². The van der Waals surface area contributed by atoms with Crippen LogP contribution in [0.25, 0.3) is 0 Å². The maximum absolute atomic E-state index is 12.4. The summed E-state index contributed by atoms with van der Waals surface area (Å²) in [6.45, 7) is 5.20. The fraction of sp³-hybridized carbons (Fsp3) is 0.316. The number of hydrogen-bond donors (Lipinski definition) is 2. The molecule has 132 valence electrons. The number of halogens is 1. The van der Waals surface area contributed by atoms with E-state index in [1.54, 1.807) is 0 Å². The fourth-order valence-electron chi connectivity index (χ4n) is 2.69. The number of anilines is 3. The molecule has 1 aliphatic rings. The maximum atomic E-state index is 12.4. The third-order valence-corrected chi connectivity index (χ3v) is 4.85. The largest absolute Gasteiger partial charge is 0.378 e. The van der Waals surface area contributed by atoms with Gasteiger partial charge in [-0.2, -0.15) is 0 Å². The van der Waals surface area contributed by atoms with Gasteiger partial charge in [0, 0.05) is 33.7 Å². The number of carbonyl (C=O) groups is 1. The first-order valence-electron chi connectivity index (χ1n) is 8.37. The molecule has 1 fully saturated rings. The lowest BCUT2D eigenvalue weighted by Crippen LogP contribution is -2.36. The molecule has 1 amide bonds. The van der Waals surface area contributed by atoms with Gasteiger partial charge in [-0.1, -0.05) is 0 Å². The monoisotopic (exact) mass is 451 g/mol. The minimum absolute atomic E-state index is 0.0577. The van der Waals surface area contributed by atoms with Gasteiger partial charge in [-0.3, -0.25) is 4.79 Å². The molecule has 0 aromatic heterocycles. The Morgan fingerprint density at radius 1 is 1.04 bits per heavy atom. The molecule has 1 atom stereocenters. The molecule has 1 saturated heterocycles. The zero-order chi connectivity index (χ0) is 17.6. The number of amides is 1. The first kappa shape index (κ1) is 18.0. The van der Waals surface area contributed by atoms with Crippen molar-refractivity contribution < 1.29 is 9.53 Å². The SMILES string of the molecule is C[C@H](Nc1ccc(I)cc1)C(=O)Nc1ccc(N2CCOCC2)cc1. The molecular weight excluding hydrogens is 429 g/mol. The number of ether oxygens (including phenoxy) is 1. The van der Waals surface area contributed by atoms with Crippen LogP contribution < -0.4 is 15.5 Å². The quantitative estimate of drug-likeness (QED) is 0.683. The zero-order valence-corrected chi connectivity index (χ0v) is 16.3. The maximum Gasteiger partial charge on any atom is 0.246 e. The van der Waals surface area contributed by atoms with E-state index in [4.69, 9.17) is 4.74 Å². The van der Waals surface area contributed by atoms with Crippen LogP contribution in [0.3, 0.4) is 0 Å². The van der Waals surface area contributed by atoms with Crippen LogP contribution in [0.2, 0.25) is 0 Å². The molecule has 6 heteroatoms. The Bertz CT molecular complexity index is 698. The predicted octanol–water partition coefficient (Wildman–Crippen LogP) is 3.57. The van der Waals surface area contributed by atoms with Crippen molar-refractivity contribution in [3.8, 4) is 0 Å². The first-order valence-corrected chi connectivity index (χ1v) is 9.45. The molecule has 2 N–H and O–H groups in total. The lowest BCUT2D eigenvalue weighted by molar-refractivity contribution is -0.116. The molecule has 0 unspecified atom stereocenters. The molecule has 2 aromatic carbocycles. The van der Waals surface area contributed by atoms with Crippen molar-refractivity contribution in [1.82, 2.24) is 0 Å². The predicted molar refractivity (Wildman–Crippen MR) is 110 cm³/mol. The molecule has 1 aliphatic heterocycles. The number of rotatable bonds is 5. The number of nitrogens with zero attached hydrogens (tertiary/aromatic N) is 1. The van der Waals surface area contributed by atoms with Crippen LogP contribution in [0.1, 0.15) is 6.92 Å². The molecule has 0 radical (unpaired) electrons. The van der Waals surface area contributed by atoms with Crippen molar-refractivity contribution >= 4 is 45.6 Å². The van der Waals surface area contributed by atoms with Crippen LogP contribution in [-0.2, 0) is 9.53 Å². The van der Waals surface area contributed by atoms with Crippen LogP contribution in [0.5, 0.6) is 0 Å². The van der Waals surface area contributed by atoms with E-state index in [-0.39, 0.29) is 11.9 Å². The molecule has 25 heavy (non-hydrogen) atoms. The molecule has 1 heterocycles. The van der Waals surface area contributed by atoms with Gasteiger partial charge in [0.05, 0.1) is 13.2 Å². The van der Waals surface area contributed by atoms with Gasteiger partial charge in [-0.25, -0.2) is 0 Å². The van der Waals surface area contributed by atoms with Crippen molar-refractivity contribution in [2.24, 2.45) is 0 Å². The minimum Gasteiger partial charge on any atom is -0.378 e. The Morgan fingerprint density at radius 2 is 1.64 bits per heavy atom. The van der Waals surface area contributed by atoms with E-state index in [1.165, 1.54) is 3.57 Å². The summed E-state index contributed by atoms with van der Waals surface area (Å²) in [6, 6.07) is 15.6. The summed E-state index contributed by atoms with van der Waals surface area (Å²) in [5.41, 5.74) is 2.90. The lowest BCUT2D eigenvalue weighted by Gasteiger charge is -2.29. The highest BCUT2D eigenvalue weighted by atomic mass is 127. The third-order valence-electron chi connectivity index (χ3n) is 4.13. The molecule has 0 bridgehead atoms. The molecule has 0 saturated carbocycles. The highest BCUT2D eigenvalue weighted by molar-refractivity contribution is 14.1. The lowest BCUT2D eigenvalue weighted by atomic mass is 10.2. The van der Waals surface area contributed by atoms with E-state index in [0.29, 0.717) is 0 Å². The Kier molecular flexibility index (Phi) is 6.14. The summed E-state index contributed by atoms with van der Waals surface area (Å²) >= 11 is 2.26. The first-order chi connectivity index (χ1) is 12.1. The topological polar surface area (TPSA) is 53.6 Å². The molecule has 3 rings (SSSR count). The Labute approximate surface area is 161 Å². The van der Waals surface area contributed by atoms with Crippen molar-refractivity contribution in [2.45, 2.75) is 13.0 Å². The Hall–Kier alpha value is -1.80. The summed E-state index contributed by atoms with van der Waals surface area (Å²) in [5, 5.41) is 6.17. The third kappa shape index (κ3) is 5.09. The second kappa shape index (κ2) is 8.53. The van der Waals surface area contributed by atoms with Gasteiger partial charge in [-0.05, 0) is 78.0 Å². The van der Waals surface area contributed by atoms with E-state index in [9.17, 15) is 4.79 Å². The number of morpholine rings is 1. The zero-order valence-electron chi connectivity index (χ0n) is 14.2. The fourth-order valence-corrected chi connectivity index (χ4v) is 3.05. The summed E-state index contributed by atoms with van der Waals surface area (Å²) in [6.07, 6.45) is 0. The van der Waals surface area contributed by atoms with Crippen molar-refractivity contribution in [3.05, 3.63) is 52.1 Å². The molecule has 0 aliphatic carbocycles. The van der Waals surface area contributed by atoms with E-state index >= 15 is 0 Å². The average Bonchev–Trinajstić information content (AvgIpc) is 2.65. The van der Waals surface area contributed by atoms with E-state index in [1.807, 2.05) is 55.5 Å². The summed E-state index contributed by atoms with van der Waals surface area (Å²) < 4.78 is 6.54. The summed E-state index contributed by atoms with van der Waals surface area (Å²) in [7, 11) is 0. The summed E-state index contributed by atoms with van der Waals surface area (Å²) in [5.74, 6) is -0.0577.